The summed E-state index contributed by atoms with van der Waals surface area (Å²) in [5.41, 5.74) is 11.1. The van der Waals surface area contributed by atoms with Crippen molar-refractivity contribution in [1.29, 1.82) is 10.5 Å². The number of nitrogens with zero attached hydrogens (tertiary/aromatic N) is 5. The van der Waals surface area contributed by atoms with Crippen molar-refractivity contribution >= 4 is 33.4 Å². The second-order valence-corrected chi connectivity index (χ2v) is 8.81. The minimum atomic E-state index is 0.134. The van der Waals surface area contributed by atoms with Gasteiger partial charge in [0.15, 0.2) is 5.65 Å². The Labute approximate surface area is 217 Å². The number of hydrogen-bond donors (Lipinski definition) is 1. The van der Waals surface area contributed by atoms with Crippen LogP contribution in [0.15, 0.2) is 72.8 Å². The highest BCUT2D eigenvalue weighted by Gasteiger charge is 2.26. The van der Waals surface area contributed by atoms with E-state index in [4.69, 9.17) is 25.2 Å². The van der Waals surface area contributed by atoms with Gasteiger partial charge in [-0.2, -0.15) is 10.5 Å². The van der Waals surface area contributed by atoms with Gasteiger partial charge in [0.2, 0.25) is 5.88 Å². The lowest BCUT2D eigenvalue weighted by atomic mass is 9.95. The van der Waals surface area contributed by atoms with E-state index in [0.717, 1.165) is 10.9 Å². The maximum absolute atomic E-state index is 10.4. The maximum Gasteiger partial charge on any atom is 0.227 e. The van der Waals surface area contributed by atoms with Gasteiger partial charge >= 0.3 is 0 Å². The highest BCUT2D eigenvalue weighted by molar-refractivity contribution is 5.96. The second-order valence-electron chi connectivity index (χ2n) is 8.81. The number of aromatic nitrogens is 3. The zero-order chi connectivity index (χ0) is 26.4. The summed E-state index contributed by atoms with van der Waals surface area (Å²) in [6.07, 6.45) is 0. The van der Waals surface area contributed by atoms with Gasteiger partial charge in [-0.15, -0.1) is 0 Å². The predicted molar refractivity (Wildman–Crippen MR) is 145 cm³/mol. The number of benzene rings is 3. The minimum Gasteiger partial charge on any atom is -0.497 e. The van der Waals surface area contributed by atoms with Gasteiger partial charge in [-0.05, 0) is 55.5 Å². The van der Waals surface area contributed by atoms with Gasteiger partial charge in [-0.25, -0.2) is 9.97 Å². The van der Waals surface area contributed by atoms with Crippen LogP contribution in [0.25, 0.3) is 38.7 Å². The van der Waals surface area contributed by atoms with E-state index in [1.807, 2.05) is 79.7 Å². The van der Waals surface area contributed by atoms with E-state index >= 15 is 0 Å². The summed E-state index contributed by atoms with van der Waals surface area (Å²) in [4.78, 5) is 9.47. The number of nitriles is 2. The highest BCUT2D eigenvalue weighted by Crippen LogP contribution is 2.42. The molecule has 0 unspecified atom stereocenters. The molecule has 0 aliphatic rings. The van der Waals surface area contributed by atoms with Crippen LogP contribution in [0.5, 0.6) is 17.4 Å². The van der Waals surface area contributed by atoms with Gasteiger partial charge < -0.3 is 15.2 Å². The number of methoxy groups -OCH3 is 1. The third kappa shape index (κ3) is 3.52. The van der Waals surface area contributed by atoms with Gasteiger partial charge in [0.05, 0.1) is 23.7 Å². The Hall–Kier alpha value is -5.60. The van der Waals surface area contributed by atoms with Gasteiger partial charge in [0.25, 0.3) is 0 Å². The van der Waals surface area contributed by atoms with Crippen LogP contribution in [0.1, 0.15) is 16.7 Å². The van der Waals surface area contributed by atoms with Gasteiger partial charge in [-0.1, -0.05) is 29.8 Å². The van der Waals surface area contributed by atoms with Crippen LogP contribution in [-0.2, 0) is 0 Å². The van der Waals surface area contributed by atoms with E-state index in [2.05, 4.69) is 12.1 Å². The molecule has 0 saturated heterocycles. The molecule has 0 spiro atoms. The molecule has 8 nitrogen and oxygen atoms in total. The number of hydrogen-bond acceptors (Lipinski definition) is 7. The molecule has 2 N–H and O–H groups in total. The third-order valence-electron chi connectivity index (χ3n) is 6.50. The number of imidazole rings is 1. The maximum atomic E-state index is 10.4. The Bertz CT molecular complexity index is 1980. The van der Waals surface area contributed by atoms with Gasteiger partial charge in [0.1, 0.15) is 40.6 Å². The summed E-state index contributed by atoms with van der Waals surface area (Å²) in [5, 5.41) is 21.4. The van der Waals surface area contributed by atoms with Crippen LogP contribution in [0.2, 0.25) is 0 Å². The second kappa shape index (κ2) is 8.81. The molecule has 0 amide bonds. The number of ether oxygens (including phenoxy) is 2. The van der Waals surface area contributed by atoms with E-state index in [-0.39, 0.29) is 22.8 Å². The Morgan fingerprint density at radius 1 is 0.842 bits per heavy atom. The molecule has 0 aliphatic heterocycles. The van der Waals surface area contributed by atoms with Crippen molar-refractivity contribution in [2.45, 2.75) is 6.92 Å². The number of para-hydroxylation sites is 2. The average Bonchev–Trinajstić information content (AvgIpc) is 3.33. The first-order valence-electron chi connectivity index (χ1n) is 11.8. The van der Waals surface area contributed by atoms with Crippen molar-refractivity contribution < 1.29 is 9.47 Å². The van der Waals surface area contributed by atoms with Gasteiger partial charge in [0, 0.05) is 16.5 Å². The molecule has 3 aromatic carbocycles. The molecule has 0 atom stereocenters. The zero-order valence-corrected chi connectivity index (χ0v) is 20.6. The highest BCUT2D eigenvalue weighted by atomic mass is 16.5. The molecule has 38 heavy (non-hydrogen) atoms. The van der Waals surface area contributed by atoms with Crippen LogP contribution >= 0.6 is 0 Å². The fourth-order valence-electron chi connectivity index (χ4n) is 4.64. The van der Waals surface area contributed by atoms with E-state index in [0.29, 0.717) is 44.8 Å². The smallest absolute Gasteiger partial charge is 0.227 e. The largest absolute Gasteiger partial charge is 0.497 e. The predicted octanol–water partition coefficient (Wildman–Crippen LogP) is 6.14. The Morgan fingerprint density at radius 2 is 1.58 bits per heavy atom. The molecule has 8 heteroatoms. The van der Waals surface area contributed by atoms with E-state index in [1.54, 1.807) is 11.5 Å². The first-order chi connectivity index (χ1) is 18.5. The number of anilines is 1. The number of pyridine rings is 2. The van der Waals surface area contributed by atoms with Crippen LogP contribution in [0, 0.1) is 29.6 Å². The summed E-state index contributed by atoms with van der Waals surface area (Å²) >= 11 is 0. The number of nitrogen functional groups attached to an aromatic ring is 1. The molecule has 3 heterocycles. The lowest BCUT2D eigenvalue weighted by Gasteiger charge is -2.17. The molecule has 6 rings (SSSR count). The lowest BCUT2D eigenvalue weighted by Crippen LogP contribution is -2.06. The molecule has 6 aromatic rings. The molecule has 0 fully saturated rings. The van der Waals surface area contributed by atoms with Crippen LogP contribution < -0.4 is 15.2 Å². The molecular weight excluding hydrogens is 476 g/mol. The van der Waals surface area contributed by atoms with Crippen molar-refractivity contribution in [3.63, 3.8) is 0 Å². The topological polar surface area (TPSA) is 122 Å². The summed E-state index contributed by atoms with van der Waals surface area (Å²) in [6, 6.07) is 26.8. The van der Waals surface area contributed by atoms with Gasteiger partial charge in [-0.3, -0.25) is 4.40 Å². The molecule has 0 aliphatic carbocycles. The summed E-state index contributed by atoms with van der Waals surface area (Å²) in [6.45, 7) is 1.99. The van der Waals surface area contributed by atoms with Crippen LogP contribution in [0.3, 0.4) is 0 Å². The number of aryl methyl sites for hydroxylation is 1. The lowest BCUT2D eigenvalue weighted by molar-refractivity contribution is 0.415. The number of nitrogens with two attached hydrogens (primary N) is 1. The third-order valence-corrected chi connectivity index (χ3v) is 6.50. The average molecular weight is 497 g/mol. The number of fused-ring (bicyclic) bond motifs is 4. The number of rotatable bonds is 4. The Morgan fingerprint density at radius 3 is 2.32 bits per heavy atom. The quantitative estimate of drug-likeness (QED) is 0.311. The molecular formula is C30H20N6O2. The molecule has 0 saturated carbocycles. The standard InChI is InChI=1S/C30H20N6O2/c1-17-7-9-19(10-8-17)38-30-21(14-18-13-20(37-2)11-12-24(18)35-30)27-22(15-31)28(33)36-26-6-4-3-5-25(26)34-29(36)23(27)16-32/h3-14H,33H2,1-2H3. The minimum absolute atomic E-state index is 0.134. The fraction of sp³-hybridized carbons (Fsp3) is 0.0667. The van der Waals surface area contributed by atoms with Crippen molar-refractivity contribution in [2.75, 3.05) is 12.8 Å². The summed E-state index contributed by atoms with van der Waals surface area (Å²) in [7, 11) is 1.59. The van der Waals surface area contributed by atoms with Crippen molar-refractivity contribution in [2.24, 2.45) is 0 Å². The summed E-state index contributed by atoms with van der Waals surface area (Å²) in [5.74, 6) is 1.62. The molecule has 0 bridgehead atoms. The Balaban J connectivity index is 1.72. The SMILES string of the molecule is COc1ccc2nc(Oc3ccc(C)cc3)c(-c3c(C#N)c(N)n4c(nc5ccccc54)c3C#N)cc2c1. The van der Waals surface area contributed by atoms with Crippen molar-refractivity contribution in [3.8, 4) is 40.6 Å². The zero-order valence-electron chi connectivity index (χ0n) is 20.6. The van der Waals surface area contributed by atoms with E-state index in [9.17, 15) is 10.5 Å². The van der Waals surface area contributed by atoms with E-state index < -0.39 is 0 Å². The van der Waals surface area contributed by atoms with Crippen LogP contribution in [0.4, 0.5) is 5.82 Å². The first-order valence-corrected chi connectivity index (χ1v) is 11.8. The van der Waals surface area contributed by atoms with Crippen molar-refractivity contribution in [1.82, 2.24) is 14.4 Å². The van der Waals surface area contributed by atoms with E-state index in [1.165, 1.54) is 0 Å². The van der Waals surface area contributed by atoms with Crippen LogP contribution in [-0.4, -0.2) is 21.5 Å². The molecule has 0 radical (unpaired) electrons. The monoisotopic (exact) mass is 496 g/mol. The Kier molecular flexibility index (Phi) is 5.29. The fourth-order valence-corrected chi connectivity index (χ4v) is 4.64. The summed E-state index contributed by atoms with van der Waals surface area (Å²) < 4.78 is 13.3. The molecule has 3 aromatic heterocycles. The normalized spacial score (nSPS) is 10.9. The molecule has 182 valence electrons. The van der Waals surface area contributed by atoms with Crippen molar-refractivity contribution in [3.05, 3.63) is 89.5 Å². The first kappa shape index (κ1) is 22.8.